The Balaban J connectivity index is 1.22. The lowest BCUT2D eigenvalue weighted by Gasteiger charge is -2.33. The van der Waals surface area contributed by atoms with Crippen molar-refractivity contribution in [1.29, 1.82) is 0 Å². The third kappa shape index (κ3) is 5.04. The molecule has 2 aliphatic heterocycles. The summed E-state index contributed by atoms with van der Waals surface area (Å²) in [4.78, 5) is 28.7. The largest absolute Gasteiger partial charge is 0.373 e. The number of benzene rings is 2. The molecule has 152 valence electrons. The molecule has 0 aliphatic carbocycles. The highest BCUT2D eigenvalue weighted by molar-refractivity contribution is 5.86. The van der Waals surface area contributed by atoms with Crippen molar-refractivity contribution in [3.63, 3.8) is 0 Å². The Morgan fingerprint density at radius 1 is 0.966 bits per heavy atom. The molecule has 2 saturated heterocycles. The maximum atomic E-state index is 12.7. The van der Waals surface area contributed by atoms with Gasteiger partial charge in [-0.3, -0.25) is 9.59 Å². The van der Waals surface area contributed by atoms with Gasteiger partial charge in [-0.1, -0.05) is 60.7 Å². The standard InChI is InChI=1S/C24H28N2O3/c27-23-15-21(20-9-5-2-6-10-20)16-26(23)17-24(28)25-13-11-22(12-14-25)29-18-19-7-3-1-4-8-19/h1-10,21-22H,11-18H2/t21-/m1/s1. The lowest BCUT2D eigenvalue weighted by molar-refractivity contribution is -0.140. The molecule has 0 spiro atoms. The summed E-state index contributed by atoms with van der Waals surface area (Å²) in [6, 6.07) is 20.3. The highest BCUT2D eigenvalue weighted by Crippen LogP contribution is 2.28. The molecule has 1 atom stereocenters. The van der Waals surface area contributed by atoms with E-state index in [4.69, 9.17) is 4.74 Å². The lowest BCUT2D eigenvalue weighted by atomic mass is 9.99. The second kappa shape index (κ2) is 9.23. The smallest absolute Gasteiger partial charge is 0.242 e. The van der Waals surface area contributed by atoms with Crippen LogP contribution in [0.1, 0.15) is 36.3 Å². The van der Waals surface area contributed by atoms with Crippen LogP contribution in [0.2, 0.25) is 0 Å². The van der Waals surface area contributed by atoms with E-state index in [9.17, 15) is 9.59 Å². The molecule has 0 radical (unpaired) electrons. The van der Waals surface area contributed by atoms with Crippen molar-refractivity contribution in [3.05, 3.63) is 71.8 Å². The molecule has 2 fully saturated rings. The summed E-state index contributed by atoms with van der Waals surface area (Å²) in [5.41, 5.74) is 2.35. The predicted molar refractivity (Wildman–Crippen MR) is 111 cm³/mol. The minimum atomic E-state index is 0.0496. The Morgan fingerprint density at radius 3 is 2.31 bits per heavy atom. The van der Waals surface area contributed by atoms with Crippen molar-refractivity contribution < 1.29 is 14.3 Å². The van der Waals surface area contributed by atoms with Crippen LogP contribution in [0.4, 0.5) is 0 Å². The maximum absolute atomic E-state index is 12.7. The van der Waals surface area contributed by atoms with Crippen molar-refractivity contribution in [2.24, 2.45) is 0 Å². The van der Waals surface area contributed by atoms with Crippen LogP contribution in [-0.4, -0.2) is 53.9 Å². The van der Waals surface area contributed by atoms with Gasteiger partial charge in [-0.15, -0.1) is 0 Å². The Bertz CT molecular complexity index is 817. The zero-order chi connectivity index (χ0) is 20.1. The second-order valence-corrected chi connectivity index (χ2v) is 7.96. The first-order chi connectivity index (χ1) is 14.2. The van der Waals surface area contributed by atoms with E-state index in [1.165, 1.54) is 11.1 Å². The third-order valence-electron chi connectivity index (χ3n) is 5.93. The van der Waals surface area contributed by atoms with E-state index < -0.39 is 0 Å². The third-order valence-corrected chi connectivity index (χ3v) is 5.93. The normalized spacial score (nSPS) is 20.3. The van der Waals surface area contributed by atoms with Gasteiger partial charge in [-0.2, -0.15) is 0 Å². The predicted octanol–water partition coefficient (Wildman–Crippen LogP) is 3.21. The molecule has 2 aromatic carbocycles. The molecule has 4 rings (SSSR count). The van der Waals surface area contributed by atoms with Gasteiger partial charge in [0.05, 0.1) is 19.3 Å². The number of likely N-dealkylation sites (tertiary alicyclic amines) is 2. The van der Waals surface area contributed by atoms with Crippen LogP contribution in [0.5, 0.6) is 0 Å². The quantitative estimate of drug-likeness (QED) is 0.759. The van der Waals surface area contributed by atoms with Crippen LogP contribution >= 0.6 is 0 Å². The van der Waals surface area contributed by atoms with E-state index >= 15 is 0 Å². The van der Waals surface area contributed by atoms with Gasteiger partial charge < -0.3 is 14.5 Å². The zero-order valence-electron chi connectivity index (χ0n) is 16.7. The van der Waals surface area contributed by atoms with Gasteiger partial charge in [-0.25, -0.2) is 0 Å². The van der Waals surface area contributed by atoms with Crippen molar-refractivity contribution >= 4 is 11.8 Å². The SMILES string of the molecule is O=C(CN1C[C@H](c2ccccc2)CC1=O)N1CCC(OCc2ccccc2)CC1. The first kappa shape index (κ1) is 19.6. The van der Waals surface area contributed by atoms with E-state index in [1.54, 1.807) is 4.90 Å². The molecule has 2 heterocycles. The number of hydrogen-bond acceptors (Lipinski definition) is 3. The topological polar surface area (TPSA) is 49.9 Å². The Kier molecular flexibility index (Phi) is 6.25. The van der Waals surface area contributed by atoms with E-state index in [2.05, 4.69) is 24.3 Å². The molecule has 2 aromatic rings. The molecule has 0 unspecified atom stereocenters. The summed E-state index contributed by atoms with van der Waals surface area (Å²) < 4.78 is 6.01. The van der Waals surface area contributed by atoms with Crippen LogP contribution < -0.4 is 0 Å². The molecule has 2 aliphatic rings. The number of carbonyl (C=O) groups is 2. The van der Waals surface area contributed by atoms with E-state index in [0.717, 1.165) is 12.8 Å². The minimum absolute atomic E-state index is 0.0496. The van der Waals surface area contributed by atoms with E-state index in [1.807, 2.05) is 41.3 Å². The Labute approximate surface area is 172 Å². The first-order valence-corrected chi connectivity index (χ1v) is 10.4. The molecule has 2 amide bonds. The molecule has 5 heteroatoms. The molecule has 29 heavy (non-hydrogen) atoms. The lowest BCUT2D eigenvalue weighted by Crippen LogP contribution is -2.45. The number of ether oxygens (including phenoxy) is 1. The number of amides is 2. The fourth-order valence-corrected chi connectivity index (χ4v) is 4.20. The Morgan fingerprint density at radius 2 is 1.62 bits per heavy atom. The zero-order valence-corrected chi connectivity index (χ0v) is 16.7. The molecule has 5 nitrogen and oxygen atoms in total. The highest BCUT2D eigenvalue weighted by atomic mass is 16.5. The van der Waals surface area contributed by atoms with Gasteiger partial charge in [0.1, 0.15) is 0 Å². The van der Waals surface area contributed by atoms with Crippen LogP contribution in [0.15, 0.2) is 60.7 Å². The second-order valence-electron chi connectivity index (χ2n) is 7.96. The molecule has 0 bridgehead atoms. The van der Waals surface area contributed by atoms with Crippen LogP contribution in [0.3, 0.4) is 0 Å². The monoisotopic (exact) mass is 392 g/mol. The average Bonchev–Trinajstić information content (AvgIpc) is 3.14. The van der Waals surface area contributed by atoms with Crippen LogP contribution in [0.25, 0.3) is 0 Å². The summed E-state index contributed by atoms with van der Waals surface area (Å²) in [7, 11) is 0. The van der Waals surface area contributed by atoms with Crippen molar-refractivity contribution in [2.45, 2.75) is 37.9 Å². The Hall–Kier alpha value is -2.66. The van der Waals surface area contributed by atoms with E-state index in [0.29, 0.717) is 32.7 Å². The summed E-state index contributed by atoms with van der Waals surface area (Å²) >= 11 is 0. The number of piperidine rings is 1. The number of carbonyl (C=O) groups excluding carboxylic acids is 2. The maximum Gasteiger partial charge on any atom is 0.242 e. The fraction of sp³-hybridized carbons (Fsp3) is 0.417. The van der Waals surface area contributed by atoms with Gasteiger partial charge in [0.25, 0.3) is 0 Å². The number of nitrogens with zero attached hydrogens (tertiary/aromatic N) is 2. The van der Waals surface area contributed by atoms with E-state index in [-0.39, 0.29) is 30.4 Å². The average molecular weight is 392 g/mol. The van der Waals surface area contributed by atoms with Gasteiger partial charge >= 0.3 is 0 Å². The van der Waals surface area contributed by atoms with Gasteiger partial charge in [0.2, 0.25) is 11.8 Å². The molecular formula is C24H28N2O3. The summed E-state index contributed by atoms with van der Waals surface area (Å²) in [6.45, 7) is 2.83. The molecular weight excluding hydrogens is 364 g/mol. The van der Waals surface area contributed by atoms with Crippen molar-refractivity contribution in [3.8, 4) is 0 Å². The van der Waals surface area contributed by atoms with Gasteiger partial charge in [0, 0.05) is 32.0 Å². The van der Waals surface area contributed by atoms with Gasteiger partial charge in [-0.05, 0) is 24.0 Å². The van der Waals surface area contributed by atoms with Gasteiger partial charge in [0.15, 0.2) is 0 Å². The summed E-state index contributed by atoms with van der Waals surface area (Å²) in [5, 5.41) is 0. The summed E-state index contributed by atoms with van der Waals surface area (Å²) in [5.74, 6) is 0.315. The van der Waals surface area contributed by atoms with Crippen LogP contribution in [0, 0.1) is 0 Å². The number of hydrogen-bond donors (Lipinski definition) is 0. The number of rotatable bonds is 6. The molecule has 0 N–H and O–H groups in total. The molecule has 0 aromatic heterocycles. The van der Waals surface area contributed by atoms with Crippen molar-refractivity contribution in [2.75, 3.05) is 26.2 Å². The highest BCUT2D eigenvalue weighted by Gasteiger charge is 2.33. The minimum Gasteiger partial charge on any atom is -0.373 e. The fourth-order valence-electron chi connectivity index (χ4n) is 4.20. The first-order valence-electron chi connectivity index (χ1n) is 10.4. The van der Waals surface area contributed by atoms with Crippen molar-refractivity contribution in [1.82, 2.24) is 9.80 Å². The van der Waals surface area contributed by atoms with Crippen LogP contribution in [-0.2, 0) is 20.9 Å². The summed E-state index contributed by atoms with van der Waals surface area (Å²) in [6.07, 6.45) is 2.38. The molecule has 0 saturated carbocycles.